The zero-order valence-electron chi connectivity index (χ0n) is 11.6. The summed E-state index contributed by atoms with van der Waals surface area (Å²) in [5.41, 5.74) is 0.902. The molecule has 0 amide bonds. The van der Waals surface area contributed by atoms with Gasteiger partial charge in [0.2, 0.25) is 10.0 Å². The first-order valence-electron chi connectivity index (χ1n) is 6.74. The Balaban J connectivity index is 2.40. The maximum Gasteiger partial charge on any atom is 0.244 e. The molecule has 1 saturated heterocycles. The number of alkyl halides is 1. The fourth-order valence-electron chi connectivity index (χ4n) is 2.69. The lowest BCUT2D eigenvalue weighted by Gasteiger charge is -2.27. The number of hydrogen-bond acceptors (Lipinski definition) is 2. The average Bonchev–Trinajstić information content (AvgIpc) is 2.88. The Kier molecular flexibility index (Phi) is 5.16. The number of sulfonamides is 1. The Morgan fingerprint density at radius 1 is 1.45 bits per heavy atom. The van der Waals surface area contributed by atoms with Crippen molar-refractivity contribution in [2.45, 2.75) is 43.5 Å². The van der Waals surface area contributed by atoms with E-state index in [-0.39, 0.29) is 6.04 Å². The molecule has 3 nitrogen and oxygen atoms in total. The van der Waals surface area contributed by atoms with Crippen molar-refractivity contribution in [2.75, 3.05) is 6.54 Å². The molecule has 1 heterocycles. The molecule has 112 valence electrons. The molecule has 1 unspecified atom stereocenters. The Morgan fingerprint density at radius 2 is 2.15 bits per heavy atom. The van der Waals surface area contributed by atoms with E-state index >= 15 is 0 Å². The zero-order valence-corrected chi connectivity index (χ0v) is 14.8. The van der Waals surface area contributed by atoms with Gasteiger partial charge in [0.05, 0.1) is 4.90 Å². The third-order valence-corrected chi connectivity index (χ3v) is 6.96. The third kappa shape index (κ3) is 3.06. The van der Waals surface area contributed by atoms with E-state index in [0.717, 1.165) is 18.4 Å². The van der Waals surface area contributed by atoms with Crippen LogP contribution in [0.3, 0.4) is 0 Å². The highest BCUT2D eigenvalue weighted by molar-refractivity contribution is 9.10. The van der Waals surface area contributed by atoms with Crippen molar-refractivity contribution in [1.29, 1.82) is 0 Å². The Bertz CT molecular complexity index is 589. The summed E-state index contributed by atoms with van der Waals surface area (Å²) in [6.07, 6.45) is 1.87. The van der Waals surface area contributed by atoms with Gasteiger partial charge in [0, 0.05) is 22.9 Å². The topological polar surface area (TPSA) is 37.4 Å². The van der Waals surface area contributed by atoms with E-state index in [9.17, 15) is 8.42 Å². The lowest BCUT2D eigenvalue weighted by molar-refractivity contribution is 0.315. The molecule has 2 rings (SSSR count). The van der Waals surface area contributed by atoms with Crippen molar-refractivity contribution in [3.05, 3.63) is 28.2 Å². The highest BCUT2D eigenvalue weighted by Gasteiger charge is 2.37. The second-order valence-corrected chi connectivity index (χ2v) is 8.45. The smallest absolute Gasteiger partial charge is 0.207 e. The summed E-state index contributed by atoms with van der Waals surface area (Å²) in [6, 6.07) is 5.29. The molecular weight excluding hydrogens is 362 g/mol. The summed E-state index contributed by atoms with van der Waals surface area (Å²) in [6.45, 7) is 4.75. The Hall–Kier alpha value is -0.100. The van der Waals surface area contributed by atoms with Crippen LogP contribution in [0.4, 0.5) is 0 Å². The second kappa shape index (κ2) is 6.34. The van der Waals surface area contributed by atoms with Crippen LogP contribution in [0.1, 0.15) is 32.3 Å². The van der Waals surface area contributed by atoms with Crippen molar-refractivity contribution in [1.82, 2.24) is 4.31 Å². The van der Waals surface area contributed by atoms with Crippen LogP contribution in [0, 0.1) is 5.92 Å². The molecule has 0 aromatic heterocycles. The van der Waals surface area contributed by atoms with Crippen LogP contribution in [0.5, 0.6) is 0 Å². The maximum absolute atomic E-state index is 12.8. The number of benzene rings is 1. The second-order valence-electron chi connectivity index (χ2n) is 5.47. The molecule has 0 N–H and O–H groups in total. The SMILES string of the molecule is CC(C)C1CCCN1S(=O)(=O)c1ccc(CCl)cc1Br. The van der Waals surface area contributed by atoms with Gasteiger partial charge in [0.1, 0.15) is 0 Å². The largest absolute Gasteiger partial charge is 0.244 e. The molecule has 1 atom stereocenters. The minimum atomic E-state index is -3.45. The molecule has 1 aliphatic rings. The first-order chi connectivity index (χ1) is 9.37. The summed E-state index contributed by atoms with van der Waals surface area (Å²) < 4.78 is 27.9. The average molecular weight is 381 g/mol. The van der Waals surface area contributed by atoms with Crippen LogP contribution in [0.15, 0.2) is 27.6 Å². The summed E-state index contributed by atoms with van der Waals surface area (Å²) >= 11 is 9.14. The summed E-state index contributed by atoms with van der Waals surface area (Å²) in [5.74, 6) is 0.699. The molecule has 1 aromatic carbocycles. The molecule has 0 radical (unpaired) electrons. The van der Waals surface area contributed by atoms with Crippen molar-refractivity contribution < 1.29 is 8.42 Å². The van der Waals surface area contributed by atoms with Gasteiger partial charge in [-0.05, 0) is 52.4 Å². The van der Waals surface area contributed by atoms with Gasteiger partial charge in [-0.15, -0.1) is 11.6 Å². The molecule has 0 saturated carbocycles. The van der Waals surface area contributed by atoms with Crippen molar-refractivity contribution in [3.8, 4) is 0 Å². The quantitative estimate of drug-likeness (QED) is 0.740. The molecule has 0 aliphatic carbocycles. The Labute approximate surface area is 134 Å². The van der Waals surface area contributed by atoms with Crippen LogP contribution in [0.25, 0.3) is 0 Å². The van der Waals surface area contributed by atoms with Crippen molar-refractivity contribution in [2.24, 2.45) is 5.92 Å². The van der Waals surface area contributed by atoms with E-state index in [1.165, 1.54) is 0 Å². The number of nitrogens with zero attached hydrogens (tertiary/aromatic N) is 1. The number of halogens is 2. The van der Waals surface area contributed by atoms with Gasteiger partial charge in [0.15, 0.2) is 0 Å². The minimum Gasteiger partial charge on any atom is -0.207 e. The predicted octanol–water partition coefficient (Wildman–Crippen LogP) is 4.00. The molecule has 1 fully saturated rings. The van der Waals surface area contributed by atoms with E-state index in [4.69, 9.17) is 11.6 Å². The van der Waals surface area contributed by atoms with Gasteiger partial charge in [-0.25, -0.2) is 8.42 Å². The lowest BCUT2D eigenvalue weighted by Crippen LogP contribution is -2.38. The minimum absolute atomic E-state index is 0.0969. The van der Waals surface area contributed by atoms with Crippen molar-refractivity contribution >= 4 is 37.6 Å². The van der Waals surface area contributed by atoms with Gasteiger partial charge in [0.25, 0.3) is 0 Å². The number of rotatable bonds is 4. The van der Waals surface area contributed by atoms with E-state index < -0.39 is 10.0 Å². The lowest BCUT2D eigenvalue weighted by atomic mass is 10.0. The van der Waals surface area contributed by atoms with Crippen LogP contribution in [-0.4, -0.2) is 25.3 Å². The van der Waals surface area contributed by atoms with E-state index in [1.54, 1.807) is 22.5 Å². The third-order valence-electron chi connectivity index (χ3n) is 3.76. The van der Waals surface area contributed by atoms with Crippen LogP contribution < -0.4 is 0 Å². The maximum atomic E-state index is 12.8. The van der Waals surface area contributed by atoms with E-state index in [0.29, 0.717) is 27.7 Å². The molecule has 1 aliphatic heterocycles. The van der Waals surface area contributed by atoms with Gasteiger partial charge in [-0.2, -0.15) is 4.31 Å². The molecule has 0 spiro atoms. The molecule has 20 heavy (non-hydrogen) atoms. The normalized spacial score (nSPS) is 20.8. The fourth-order valence-corrected chi connectivity index (χ4v) is 5.77. The first kappa shape index (κ1) is 16.3. The summed E-state index contributed by atoms with van der Waals surface area (Å²) in [4.78, 5) is 0.332. The predicted molar refractivity (Wildman–Crippen MR) is 85.5 cm³/mol. The molecule has 1 aromatic rings. The first-order valence-corrected chi connectivity index (χ1v) is 9.51. The standard InChI is InChI=1S/C14H19BrClNO2S/c1-10(2)13-4-3-7-17(13)20(18,19)14-6-5-11(9-16)8-12(14)15/h5-6,8,10,13H,3-4,7,9H2,1-2H3. The van der Waals surface area contributed by atoms with Crippen LogP contribution >= 0.6 is 27.5 Å². The van der Waals surface area contributed by atoms with E-state index in [2.05, 4.69) is 29.8 Å². The molecule has 0 bridgehead atoms. The Morgan fingerprint density at radius 3 is 2.70 bits per heavy atom. The number of hydrogen-bond donors (Lipinski definition) is 0. The monoisotopic (exact) mass is 379 g/mol. The molecule has 6 heteroatoms. The zero-order chi connectivity index (χ0) is 14.9. The van der Waals surface area contributed by atoms with Gasteiger partial charge < -0.3 is 0 Å². The van der Waals surface area contributed by atoms with Crippen LogP contribution in [0.2, 0.25) is 0 Å². The van der Waals surface area contributed by atoms with Gasteiger partial charge in [-0.3, -0.25) is 0 Å². The highest BCUT2D eigenvalue weighted by atomic mass is 79.9. The summed E-state index contributed by atoms with van der Waals surface area (Å²) in [5, 5.41) is 0. The highest BCUT2D eigenvalue weighted by Crippen LogP contribution is 2.33. The van der Waals surface area contributed by atoms with E-state index in [1.807, 2.05) is 0 Å². The fraction of sp³-hybridized carbons (Fsp3) is 0.571. The summed E-state index contributed by atoms with van der Waals surface area (Å²) in [7, 11) is -3.45. The van der Waals surface area contributed by atoms with Gasteiger partial charge in [-0.1, -0.05) is 19.9 Å². The van der Waals surface area contributed by atoms with Gasteiger partial charge >= 0.3 is 0 Å². The van der Waals surface area contributed by atoms with Crippen molar-refractivity contribution in [3.63, 3.8) is 0 Å². The molecular formula is C14H19BrClNO2S. The van der Waals surface area contributed by atoms with Crippen LogP contribution in [-0.2, 0) is 15.9 Å².